The van der Waals surface area contributed by atoms with Gasteiger partial charge in [0, 0.05) is 19.0 Å². The lowest BCUT2D eigenvalue weighted by Crippen LogP contribution is -2.50. The molecule has 120 valence electrons. The Balaban J connectivity index is 3.85. The summed E-state index contributed by atoms with van der Waals surface area (Å²) >= 11 is 0. The van der Waals surface area contributed by atoms with Crippen molar-refractivity contribution in [1.29, 1.82) is 0 Å². The van der Waals surface area contributed by atoms with Crippen LogP contribution in [0.3, 0.4) is 0 Å². The van der Waals surface area contributed by atoms with E-state index in [-0.39, 0.29) is 5.91 Å². The summed E-state index contributed by atoms with van der Waals surface area (Å²) in [6.45, 7) is 8.60. The molecular formula is C15H36N4O+2. The molecule has 0 aromatic carbocycles. The average Bonchev–Trinajstić information content (AvgIpc) is 2.21. The summed E-state index contributed by atoms with van der Waals surface area (Å²) in [4.78, 5) is 11.9. The van der Waals surface area contributed by atoms with E-state index < -0.39 is 0 Å². The van der Waals surface area contributed by atoms with Gasteiger partial charge in [-0.3, -0.25) is 4.79 Å². The Hall–Kier alpha value is -0.650. The number of hydrogen-bond acceptors (Lipinski definition) is 2. The van der Waals surface area contributed by atoms with E-state index in [9.17, 15) is 4.79 Å². The van der Waals surface area contributed by atoms with Gasteiger partial charge >= 0.3 is 0 Å². The highest BCUT2D eigenvalue weighted by Crippen LogP contribution is 1.99. The van der Waals surface area contributed by atoms with Crippen LogP contribution in [0.1, 0.15) is 20.3 Å². The van der Waals surface area contributed by atoms with Crippen molar-refractivity contribution in [2.75, 3.05) is 68.0 Å². The molecule has 0 bridgehead atoms. The summed E-state index contributed by atoms with van der Waals surface area (Å²) in [6.07, 6.45) is 1.09. The van der Waals surface area contributed by atoms with Crippen LogP contribution in [0.2, 0.25) is 0 Å². The fourth-order valence-electron chi connectivity index (χ4n) is 1.95. The maximum atomic E-state index is 11.9. The summed E-state index contributed by atoms with van der Waals surface area (Å²) in [6, 6.07) is 0.532. The van der Waals surface area contributed by atoms with Crippen molar-refractivity contribution in [3.8, 4) is 0 Å². The summed E-state index contributed by atoms with van der Waals surface area (Å²) in [7, 11) is 10.6. The molecule has 20 heavy (non-hydrogen) atoms. The topological polar surface area (TPSA) is 41.1 Å². The van der Waals surface area contributed by atoms with Crippen LogP contribution < -0.4 is 10.6 Å². The first kappa shape index (κ1) is 19.4. The first-order chi connectivity index (χ1) is 9.02. The van der Waals surface area contributed by atoms with Crippen molar-refractivity contribution in [3.05, 3.63) is 0 Å². The van der Waals surface area contributed by atoms with E-state index >= 15 is 0 Å². The second kappa shape index (κ2) is 8.60. The molecule has 0 aromatic rings. The van der Waals surface area contributed by atoms with Crippen LogP contribution in [0, 0.1) is 0 Å². The van der Waals surface area contributed by atoms with Gasteiger partial charge in [-0.15, -0.1) is 0 Å². The second-order valence-electron chi connectivity index (χ2n) is 7.64. The molecule has 0 aliphatic carbocycles. The molecule has 0 heterocycles. The maximum Gasteiger partial charge on any atom is 0.275 e. The Morgan fingerprint density at radius 2 is 1.60 bits per heavy atom. The van der Waals surface area contributed by atoms with Crippen LogP contribution in [0.15, 0.2) is 0 Å². The molecule has 0 fully saturated rings. The molecule has 0 saturated heterocycles. The molecular weight excluding hydrogens is 252 g/mol. The molecule has 0 spiro atoms. The Bertz CT molecular complexity index is 282. The number of hydrogen-bond donors (Lipinski definition) is 2. The third-order valence-electron chi connectivity index (χ3n) is 3.17. The Kier molecular flexibility index (Phi) is 8.32. The van der Waals surface area contributed by atoms with Gasteiger partial charge in [0.2, 0.25) is 0 Å². The van der Waals surface area contributed by atoms with Crippen LogP contribution in [-0.4, -0.2) is 88.9 Å². The zero-order chi connectivity index (χ0) is 15.8. The SMILES string of the molecule is CC(C)NCCC[N+](C)(C)CC(=O)NCC[N+](C)(C)C. The van der Waals surface area contributed by atoms with Gasteiger partial charge in [-0.2, -0.15) is 0 Å². The maximum absolute atomic E-state index is 11.9. The molecule has 1 amide bonds. The Morgan fingerprint density at radius 1 is 1.00 bits per heavy atom. The first-order valence-corrected chi connectivity index (χ1v) is 7.64. The zero-order valence-corrected chi connectivity index (χ0v) is 14.6. The van der Waals surface area contributed by atoms with Crippen molar-refractivity contribution in [2.45, 2.75) is 26.3 Å². The number of nitrogens with zero attached hydrogens (tertiary/aromatic N) is 2. The van der Waals surface area contributed by atoms with Crippen molar-refractivity contribution in [3.63, 3.8) is 0 Å². The first-order valence-electron chi connectivity index (χ1n) is 7.64. The molecule has 0 atom stereocenters. The molecule has 5 heteroatoms. The number of nitrogens with one attached hydrogen (secondary N) is 2. The van der Waals surface area contributed by atoms with Gasteiger partial charge in [0.1, 0.15) is 0 Å². The summed E-state index contributed by atoms with van der Waals surface area (Å²) in [5, 5.41) is 6.43. The van der Waals surface area contributed by atoms with Gasteiger partial charge in [0.05, 0.1) is 54.9 Å². The minimum Gasteiger partial charge on any atom is -0.346 e. The van der Waals surface area contributed by atoms with E-state index in [2.05, 4.69) is 59.7 Å². The smallest absolute Gasteiger partial charge is 0.275 e. The minimum absolute atomic E-state index is 0.153. The van der Waals surface area contributed by atoms with Gasteiger partial charge in [0.25, 0.3) is 5.91 Å². The summed E-state index contributed by atoms with van der Waals surface area (Å²) in [5.41, 5.74) is 0. The monoisotopic (exact) mass is 288 g/mol. The highest BCUT2D eigenvalue weighted by atomic mass is 16.2. The summed E-state index contributed by atoms with van der Waals surface area (Å²) in [5.74, 6) is 0.153. The van der Waals surface area contributed by atoms with E-state index in [0.29, 0.717) is 12.6 Å². The van der Waals surface area contributed by atoms with E-state index in [1.54, 1.807) is 0 Å². The van der Waals surface area contributed by atoms with Gasteiger partial charge in [-0.05, 0) is 0 Å². The lowest BCUT2D eigenvalue weighted by Gasteiger charge is -2.29. The van der Waals surface area contributed by atoms with Crippen molar-refractivity contribution >= 4 is 5.91 Å². The fourth-order valence-corrected chi connectivity index (χ4v) is 1.95. The molecule has 0 saturated carbocycles. The third kappa shape index (κ3) is 12.4. The number of carbonyl (C=O) groups is 1. The third-order valence-corrected chi connectivity index (χ3v) is 3.17. The van der Waals surface area contributed by atoms with E-state index in [1.807, 2.05) is 0 Å². The van der Waals surface area contributed by atoms with Crippen LogP contribution in [0.4, 0.5) is 0 Å². The number of quaternary nitrogens is 2. The minimum atomic E-state index is 0.153. The van der Waals surface area contributed by atoms with Gasteiger partial charge in [0.15, 0.2) is 6.54 Å². The molecule has 0 radical (unpaired) electrons. The van der Waals surface area contributed by atoms with E-state index in [1.165, 1.54) is 0 Å². The molecule has 0 aliphatic rings. The van der Waals surface area contributed by atoms with Crippen LogP contribution in [-0.2, 0) is 4.79 Å². The van der Waals surface area contributed by atoms with Crippen LogP contribution in [0.25, 0.3) is 0 Å². The van der Waals surface area contributed by atoms with E-state index in [0.717, 1.165) is 41.6 Å². The molecule has 2 N–H and O–H groups in total. The van der Waals surface area contributed by atoms with Crippen molar-refractivity contribution < 1.29 is 13.8 Å². The zero-order valence-electron chi connectivity index (χ0n) is 14.6. The summed E-state index contributed by atoms with van der Waals surface area (Å²) < 4.78 is 1.62. The van der Waals surface area contributed by atoms with Gasteiger partial charge in [-0.25, -0.2) is 0 Å². The Labute approximate surface area is 125 Å². The highest BCUT2D eigenvalue weighted by molar-refractivity contribution is 5.77. The lowest BCUT2D eigenvalue weighted by atomic mass is 10.3. The standard InChI is InChI=1S/C15H35N4O/c1-14(2)16-9-8-11-19(6,7)13-15(20)17-10-12-18(3,4)5/h14,16H,8-13H2,1-7H3/q+1/p+1. The van der Waals surface area contributed by atoms with Gasteiger partial charge < -0.3 is 19.6 Å². The number of likely N-dealkylation sites (N-methyl/N-ethyl adjacent to an activating group) is 2. The largest absolute Gasteiger partial charge is 0.346 e. The normalized spacial score (nSPS) is 12.8. The molecule has 5 nitrogen and oxygen atoms in total. The number of amides is 1. The molecule has 0 rings (SSSR count). The van der Waals surface area contributed by atoms with Crippen molar-refractivity contribution in [2.24, 2.45) is 0 Å². The van der Waals surface area contributed by atoms with E-state index in [4.69, 9.17) is 0 Å². The fraction of sp³-hybridized carbons (Fsp3) is 0.933. The predicted octanol–water partition coefficient (Wildman–Crippen LogP) is 0.273. The van der Waals surface area contributed by atoms with Crippen LogP contribution in [0.5, 0.6) is 0 Å². The lowest BCUT2D eigenvalue weighted by molar-refractivity contribution is -0.882. The average molecular weight is 288 g/mol. The molecule has 0 aromatic heterocycles. The number of carbonyl (C=O) groups excluding carboxylic acids is 1. The molecule has 0 aliphatic heterocycles. The second-order valence-corrected chi connectivity index (χ2v) is 7.64. The van der Waals surface area contributed by atoms with Crippen LogP contribution >= 0.6 is 0 Å². The van der Waals surface area contributed by atoms with Crippen molar-refractivity contribution in [1.82, 2.24) is 10.6 Å². The molecule has 0 unspecified atom stereocenters. The number of rotatable bonds is 10. The van der Waals surface area contributed by atoms with Gasteiger partial charge in [-0.1, -0.05) is 13.8 Å². The predicted molar refractivity (Wildman–Crippen MR) is 85.5 cm³/mol. The Morgan fingerprint density at radius 3 is 2.10 bits per heavy atom. The highest BCUT2D eigenvalue weighted by Gasteiger charge is 2.19. The quantitative estimate of drug-likeness (QED) is 0.448.